The molecule has 0 aromatic rings. The second kappa shape index (κ2) is 7.94. The monoisotopic (exact) mass is 328 g/mol. The topological polar surface area (TPSA) is 58.2 Å². The molecule has 1 saturated heterocycles. The number of rotatable bonds is 5. The van der Waals surface area contributed by atoms with Gasteiger partial charge in [0.05, 0.1) is 5.57 Å². The Morgan fingerprint density at radius 2 is 2.09 bits per heavy atom. The van der Waals surface area contributed by atoms with E-state index < -0.39 is 23.4 Å². The smallest absolute Gasteiger partial charge is 0.289 e. The molecule has 0 bridgehead atoms. The Kier molecular flexibility index (Phi) is 6.54. The molecule has 0 aromatic carbocycles. The number of hydrogen-bond donors (Lipinski definition) is 2. The highest BCUT2D eigenvalue weighted by Crippen LogP contribution is 2.28. The predicted molar refractivity (Wildman–Crippen MR) is 80.1 cm³/mol. The largest absolute Gasteiger partial charge is 0.423 e. The van der Waals surface area contributed by atoms with E-state index >= 15 is 0 Å². The molecule has 0 radical (unpaired) electrons. The Morgan fingerprint density at radius 3 is 2.57 bits per heavy atom. The number of hydrogen-bond acceptors (Lipinski definition) is 3. The average Bonchev–Trinajstić information content (AvgIpc) is 2.47. The number of carbonyl (C=O) groups is 2. The summed E-state index contributed by atoms with van der Waals surface area (Å²) < 4.78 is 38.1. The molecule has 2 N–H and O–H groups in total. The van der Waals surface area contributed by atoms with Crippen LogP contribution < -0.4 is 10.9 Å². The third-order valence-electron chi connectivity index (χ3n) is 3.55. The van der Waals surface area contributed by atoms with Crippen molar-refractivity contribution in [3.8, 4) is 0 Å². The van der Waals surface area contributed by atoms with Crippen LogP contribution in [0.2, 0.25) is 0 Å². The fraction of sp³-hybridized carbons (Fsp3) is 0.438. The summed E-state index contributed by atoms with van der Waals surface area (Å²) in [6.07, 6.45) is -0.705. The predicted octanol–water partition coefficient (Wildman–Crippen LogP) is 2.89. The van der Waals surface area contributed by atoms with E-state index in [-0.39, 0.29) is 12.5 Å². The standard InChI is InChI=1S/C16H19F3N2O2/c1-4-11(10(3)8-12(5-2)16(17,18)19)6-7-13-9-14(22)15(23)21-20-13/h4,8,13,20H,2,6-7,9H2,1,3H3,(H,21,23)/b10-8-,11-4?. The fourth-order valence-corrected chi connectivity index (χ4v) is 2.22. The van der Waals surface area contributed by atoms with E-state index in [4.69, 9.17) is 0 Å². The van der Waals surface area contributed by atoms with Gasteiger partial charge in [-0.05, 0) is 43.9 Å². The number of amides is 1. The summed E-state index contributed by atoms with van der Waals surface area (Å²) in [5, 5.41) is 0. The molecule has 7 heteroatoms. The number of halogens is 3. The van der Waals surface area contributed by atoms with Crippen molar-refractivity contribution in [3.05, 3.63) is 41.2 Å². The minimum absolute atomic E-state index is 0.0753. The van der Waals surface area contributed by atoms with Crippen molar-refractivity contribution >= 4 is 11.7 Å². The number of carbonyl (C=O) groups excluding carboxylic acids is 2. The molecule has 1 heterocycles. The van der Waals surface area contributed by atoms with Crippen molar-refractivity contribution in [2.24, 2.45) is 0 Å². The summed E-state index contributed by atoms with van der Waals surface area (Å²) in [5.74, 6) is -1.17. The number of alkyl halides is 3. The second-order valence-electron chi connectivity index (χ2n) is 5.19. The Labute approximate surface area is 132 Å². The SMILES string of the molecule is C=C=C(/C=C(/C)C(=CC)CCC1CC(=O)C(=O)NN1)C(F)(F)F. The Hall–Kier alpha value is -2.11. The zero-order valence-electron chi connectivity index (χ0n) is 13.0. The molecular formula is C16H19F3N2O2. The van der Waals surface area contributed by atoms with E-state index in [0.29, 0.717) is 18.4 Å². The minimum Gasteiger partial charge on any atom is -0.289 e. The first-order valence-electron chi connectivity index (χ1n) is 7.08. The minimum atomic E-state index is -4.50. The van der Waals surface area contributed by atoms with Gasteiger partial charge in [0.2, 0.25) is 5.78 Å². The maximum Gasteiger partial charge on any atom is 0.423 e. The lowest BCUT2D eigenvalue weighted by atomic mass is 9.95. The lowest BCUT2D eigenvalue weighted by Gasteiger charge is -2.23. The van der Waals surface area contributed by atoms with Gasteiger partial charge >= 0.3 is 12.1 Å². The molecule has 1 rings (SSSR count). The number of Topliss-reactive ketones (excluding diaryl/α,β-unsaturated/α-hetero) is 1. The molecule has 0 aromatic heterocycles. The van der Waals surface area contributed by atoms with Crippen LogP contribution in [0, 0.1) is 0 Å². The second-order valence-corrected chi connectivity index (χ2v) is 5.19. The molecule has 126 valence electrons. The number of hydrazine groups is 1. The van der Waals surface area contributed by atoms with Gasteiger partial charge in [-0.25, -0.2) is 5.43 Å². The van der Waals surface area contributed by atoms with Gasteiger partial charge in [-0.2, -0.15) is 13.2 Å². The van der Waals surface area contributed by atoms with Crippen LogP contribution in [0.25, 0.3) is 0 Å². The summed E-state index contributed by atoms with van der Waals surface area (Å²) in [4.78, 5) is 22.4. The first-order chi connectivity index (χ1) is 10.7. The van der Waals surface area contributed by atoms with E-state index in [1.807, 2.05) is 5.73 Å². The highest BCUT2D eigenvalue weighted by Gasteiger charge is 2.32. The normalized spacial score (nSPS) is 20.1. The van der Waals surface area contributed by atoms with E-state index in [9.17, 15) is 22.8 Å². The lowest BCUT2D eigenvalue weighted by molar-refractivity contribution is -0.141. The summed E-state index contributed by atoms with van der Waals surface area (Å²) in [6.45, 7) is 6.38. The number of ketones is 1. The molecule has 0 aliphatic carbocycles. The van der Waals surface area contributed by atoms with Crippen molar-refractivity contribution in [1.82, 2.24) is 10.9 Å². The molecule has 0 saturated carbocycles. The van der Waals surface area contributed by atoms with Gasteiger partial charge in [-0.3, -0.25) is 15.0 Å². The van der Waals surface area contributed by atoms with Gasteiger partial charge in [0.15, 0.2) is 0 Å². The van der Waals surface area contributed by atoms with Crippen LogP contribution in [-0.2, 0) is 9.59 Å². The summed E-state index contributed by atoms with van der Waals surface area (Å²) in [6, 6.07) is -0.236. The molecule has 1 unspecified atom stereocenters. The quantitative estimate of drug-likeness (QED) is 0.463. The molecule has 1 fully saturated rings. The fourth-order valence-electron chi connectivity index (χ4n) is 2.22. The summed E-state index contributed by atoms with van der Waals surface area (Å²) >= 11 is 0. The van der Waals surface area contributed by atoms with Gasteiger partial charge in [-0.1, -0.05) is 12.7 Å². The molecule has 0 spiro atoms. The van der Waals surface area contributed by atoms with Gasteiger partial charge < -0.3 is 0 Å². The van der Waals surface area contributed by atoms with E-state index in [2.05, 4.69) is 17.4 Å². The average molecular weight is 328 g/mol. The van der Waals surface area contributed by atoms with Crippen LogP contribution in [0.3, 0.4) is 0 Å². The van der Waals surface area contributed by atoms with Gasteiger partial charge in [0.1, 0.15) is 0 Å². The number of allylic oxidation sites excluding steroid dienone is 5. The third kappa shape index (κ3) is 5.54. The Bertz CT molecular complexity index is 597. The van der Waals surface area contributed by atoms with Crippen molar-refractivity contribution in [3.63, 3.8) is 0 Å². The van der Waals surface area contributed by atoms with Gasteiger partial charge in [-0.15, -0.1) is 5.73 Å². The highest BCUT2D eigenvalue weighted by molar-refractivity contribution is 6.36. The van der Waals surface area contributed by atoms with Crippen LogP contribution >= 0.6 is 0 Å². The van der Waals surface area contributed by atoms with Crippen LogP contribution in [0.4, 0.5) is 13.2 Å². The van der Waals surface area contributed by atoms with Gasteiger partial charge in [0, 0.05) is 12.5 Å². The molecule has 1 aliphatic rings. The highest BCUT2D eigenvalue weighted by atomic mass is 19.4. The Balaban J connectivity index is 2.72. The molecule has 1 atom stereocenters. The zero-order chi connectivity index (χ0) is 17.6. The van der Waals surface area contributed by atoms with Crippen LogP contribution in [0.1, 0.15) is 33.1 Å². The molecule has 1 aliphatic heterocycles. The van der Waals surface area contributed by atoms with Crippen molar-refractivity contribution in [2.45, 2.75) is 45.3 Å². The van der Waals surface area contributed by atoms with E-state index in [1.54, 1.807) is 19.9 Å². The van der Waals surface area contributed by atoms with E-state index in [1.165, 1.54) is 0 Å². The maximum absolute atomic E-state index is 12.7. The Morgan fingerprint density at radius 1 is 1.43 bits per heavy atom. The summed E-state index contributed by atoms with van der Waals surface area (Å²) in [5.41, 5.74) is 7.16. The van der Waals surface area contributed by atoms with Crippen molar-refractivity contribution in [2.75, 3.05) is 0 Å². The third-order valence-corrected chi connectivity index (χ3v) is 3.55. The number of nitrogens with one attached hydrogen (secondary N) is 2. The maximum atomic E-state index is 12.7. The van der Waals surface area contributed by atoms with E-state index in [0.717, 1.165) is 11.6 Å². The first-order valence-corrected chi connectivity index (χ1v) is 7.08. The van der Waals surface area contributed by atoms with Gasteiger partial charge in [0.25, 0.3) is 0 Å². The molecular weight excluding hydrogens is 309 g/mol. The molecule has 1 amide bonds. The van der Waals surface area contributed by atoms with Crippen LogP contribution in [-0.4, -0.2) is 23.9 Å². The molecule has 4 nitrogen and oxygen atoms in total. The van der Waals surface area contributed by atoms with Crippen LogP contribution in [0.5, 0.6) is 0 Å². The van der Waals surface area contributed by atoms with Crippen molar-refractivity contribution in [1.29, 1.82) is 0 Å². The molecule has 23 heavy (non-hydrogen) atoms. The first kappa shape index (κ1) is 18.9. The van der Waals surface area contributed by atoms with Crippen molar-refractivity contribution < 1.29 is 22.8 Å². The van der Waals surface area contributed by atoms with Crippen LogP contribution in [0.15, 0.2) is 41.2 Å². The lowest BCUT2D eigenvalue weighted by Crippen LogP contribution is -2.53. The summed E-state index contributed by atoms with van der Waals surface area (Å²) in [7, 11) is 0. The zero-order valence-corrected chi connectivity index (χ0v) is 13.0.